The number of ether oxygens (including phenoxy) is 1. The van der Waals surface area contributed by atoms with Crippen molar-refractivity contribution in [3.63, 3.8) is 0 Å². The maximum absolute atomic E-state index is 6.10. The van der Waals surface area contributed by atoms with Crippen LogP contribution in [0.15, 0.2) is 11.7 Å². The molecule has 5 nitrogen and oxygen atoms in total. The normalized spacial score (nSPS) is 30.8. The van der Waals surface area contributed by atoms with Crippen LogP contribution < -0.4 is 11.1 Å². The molecule has 0 radical (unpaired) electrons. The lowest BCUT2D eigenvalue weighted by Gasteiger charge is -2.52. The second kappa shape index (κ2) is 5.15. The van der Waals surface area contributed by atoms with E-state index in [0.717, 1.165) is 42.0 Å². The van der Waals surface area contributed by atoms with Crippen molar-refractivity contribution >= 4 is 27.4 Å². The van der Waals surface area contributed by atoms with Crippen LogP contribution in [0, 0.1) is 12.3 Å². The fourth-order valence-corrected chi connectivity index (χ4v) is 4.66. The summed E-state index contributed by atoms with van der Waals surface area (Å²) in [5.74, 6) is 0.957. The van der Waals surface area contributed by atoms with Crippen LogP contribution in [0.4, 0.5) is 5.82 Å². The highest BCUT2D eigenvalue weighted by Crippen LogP contribution is 2.48. The standard InChI is InChI=1S/C16H22N4OS/c1-11-6-22-13-12(11)19-10-20-14(13)18-8-15-2-4-16(7-17,5-3-15)21-9-15/h6,10H,2-5,7-9,17H2,1H3,(H,18,19,20). The van der Waals surface area contributed by atoms with Crippen molar-refractivity contribution in [1.82, 2.24) is 9.97 Å². The predicted molar refractivity (Wildman–Crippen MR) is 89.3 cm³/mol. The van der Waals surface area contributed by atoms with E-state index in [2.05, 4.69) is 27.6 Å². The van der Waals surface area contributed by atoms with Crippen LogP contribution >= 0.6 is 11.3 Å². The van der Waals surface area contributed by atoms with Crippen molar-refractivity contribution < 1.29 is 4.74 Å². The van der Waals surface area contributed by atoms with Crippen molar-refractivity contribution in [2.45, 2.75) is 38.2 Å². The molecule has 3 aliphatic rings. The maximum Gasteiger partial charge on any atom is 0.147 e. The molecular weight excluding hydrogens is 296 g/mol. The number of hydrogen-bond donors (Lipinski definition) is 2. The second-order valence-corrected chi connectivity index (χ2v) is 7.73. The van der Waals surface area contributed by atoms with Gasteiger partial charge in [-0.1, -0.05) is 0 Å². The molecule has 0 aromatic carbocycles. The Hall–Kier alpha value is -1.24. The largest absolute Gasteiger partial charge is 0.373 e. The van der Waals surface area contributed by atoms with Gasteiger partial charge in [-0.15, -0.1) is 11.3 Å². The number of fused-ring (bicyclic) bond motifs is 4. The van der Waals surface area contributed by atoms with Crippen molar-refractivity contribution in [3.8, 4) is 0 Å². The summed E-state index contributed by atoms with van der Waals surface area (Å²) >= 11 is 1.71. The third-order valence-electron chi connectivity index (χ3n) is 5.44. The quantitative estimate of drug-likeness (QED) is 0.907. The van der Waals surface area contributed by atoms with Gasteiger partial charge in [-0.05, 0) is 43.6 Å². The molecule has 1 saturated carbocycles. The van der Waals surface area contributed by atoms with E-state index in [1.165, 1.54) is 18.4 Å². The van der Waals surface area contributed by atoms with Crippen LogP contribution in [0.1, 0.15) is 31.2 Å². The molecule has 22 heavy (non-hydrogen) atoms. The van der Waals surface area contributed by atoms with Gasteiger partial charge in [0.15, 0.2) is 0 Å². The van der Waals surface area contributed by atoms with Gasteiger partial charge in [0.1, 0.15) is 12.1 Å². The number of aromatic nitrogens is 2. The Morgan fingerprint density at radius 1 is 1.32 bits per heavy atom. The van der Waals surface area contributed by atoms with Crippen molar-refractivity contribution in [2.75, 3.05) is 25.0 Å². The van der Waals surface area contributed by atoms with Gasteiger partial charge in [0, 0.05) is 18.5 Å². The fraction of sp³-hybridized carbons (Fsp3) is 0.625. The molecule has 6 heteroatoms. The number of nitrogens with one attached hydrogen (secondary N) is 1. The minimum absolute atomic E-state index is 0.0329. The lowest BCUT2D eigenvalue weighted by molar-refractivity contribution is -0.173. The van der Waals surface area contributed by atoms with Gasteiger partial charge >= 0.3 is 0 Å². The van der Waals surface area contributed by atoms with Crippen molar-refractivity contribution in [1.29, 1.82) is 0 Å². The van der Waals surface area contributed by atoms with Crippen molar-refractivity contribution in [3.05, 3.63) is 17.3 Å². The Morgan fingerprint density at radius 3 is 2.82 bits per heavy atom. The molecule has 0 unspecified atom stereocenters. The number of nitrogens with zero attached hydrogens (tertiary/aromatic N) is 2. The summed E-state index contributed by atoms with van der Waals surface area (Å²) in [5, 5.41) is 5.71. The van der Waals surface area contributed by atoms with Crippen LogP contribution in [-0.4, -0.2) is 35.3 Å². The Kier molecular flexibility index (Phi) is 3.36. The lowest BCUT2D eigenvalue weighted by Crippen LogP contribution is -2.56. The van der Waals surface area contributed by atoms with E-state index in [1.54, 1.807) is 17.7 Å². The van der Waals surface area contributed by atoms with Gasteiger partial charge in [0.2, 0.25) is 0 Å². The first-order valence-electron chi connectivity index (χ1n) is 7.92. The predicted octanol–water partition coefficient (Wildman–Crippen LogP) is 2.70. The van der Waals surface area contributed by atoms with Gasteiger partial charge in [-0.2, -0.15) is 0 Å². The molecule has 2 bridgehead atoms. The van der Waals surface area contributed by atoms with Gasteiger partial charge in [-0.25, -0.2) is 9.97 Å². The Morgan fingerprint density at radius 2 is 2.14 bits per heavy atom. The third-order valence-corrected chi connectivity index (χ3v) is 6.53. The molecule has 2 aromatic heterocycles. The Bertz CT molecular complexity index is 674. The topological polar surface area (TPSA) is 73.1 Å². The van der Waals surface area contributed by atoms with E-state index in [-0.39, 0.29) is 11.0 Å². The highest BCUT2D eigenvalue weighted by Gasteiger charge is 2.48. The van der Waals surface area contributed by atoms with E-state index < -0.39 is 0 Å². The SMILES string of the molecule is Cc1csc2c(NCC34CCC(CN)(CC3)OC4)ncnc12. The summed E-state index contributed by atoms with van der Waals surface area (Å²) in [6, 6.07) is 0. The summed E-state index contributed by atoms with van der Waals surface area (Å²) in [4.78, 5) is 8.82. The van der Waals surface area contributed by atoms with E-state index in [4.69, 9.17) is 10.5 Å². The number of nitrogens with two attached hydrogens (primary N) is 1. The zero-order valence-electron chi connectivity index (χ0n) is 12.9. The van der Waals surface area contributed by atoms with Gasteiger partial charge in [-0.3, -0.25) is 0 Å². The molecule has 0 amide bonds. The smallest absolute Gasteiger partial charge is 0.147 e. The number of thiophene rings is 1. The molecule has 0 atom stereocenters. The molecule has 2 aliphatic heterocycles. The van der Waals surface area contributed by atoms with Gasteiger partial charge in [0.25, 0.3) is 0 Å². The molecule has 0 spiro atoms. The number of hydrogen-bond acceptors (Lipinski definition) is 6. The number of anilines is 1. The van der Waals surface area contributed by atoms with Crippen LogP contribution in [-0.2, 0) is 4.74 Å². The zero-order chi connectivity index (χ0) is 15.2. The maximum atomic E-state index is 6.10. The highest BCUT2D eigenvalue weighted by atomic mass is 32.1. The van der Waals surface area contributed by atoms with Crippen LogP contribution in [0.5, 0.6) is 0 Å². The summed E-state index contributed by atoms with van der Waals surface area (Å²) in [5.41, 5.74) is 8.37. The first-order chi connectivity index (χ1) is 10.7. The van der Waals surface area contributed by atoms with Crippen molar-refractivity contribution in [2.24, 2.45) is 11.1 Å². The lowest BCUT2D eigenvalue weighted by atomic mass is 9.66. The molecule has 4 heterocycles. The van der Waals surface area contributed by atoms with E-state index in [0.29, 0.717) is 6.54 Å². The Balaban J connectivity index is 1.51. The summed E-state index contributed by atoms with van der Waals surface area (Å²) in [6.45, 7) is 4.47. The summed E-state index contributed by atoms with van der Waals surface area (Å²) in [6.07, 6.45) is 6.20. The average molecular weight is 318 g/mol. The molecule has 5 rings (SSSR count). The molecule has 1 aliphatic carbocycles. The molecule has 3 fully saturated rings. The number of aryl methyl sites for hydroxylation is 1. The van der Waals surface area contributed by atoms with Crippen LogP contribution in [0.3, 0.4) is 0 Å². The second-order valence-electron chi connectivity index (χ2n) is 6.85. The van der Waals surface area contributed by atoms with Crippen LogP contribution in [0.25, 0.3) is 10.2 Å². The minimum Gasteiger partial charge on any atom is -0.373 e. The monoisotopic (exact) mass is 318 g/mol. The van der Waals surface area contributed by atoms with E-state index in [9.17, 15) is 0 Å². The molecule has 2 saturated heterocycles. The first kappa shape index (κ1) is 14.4. The third kappa shape index (κ3) is 2.21. The molecule has 2 aromatic rings. The summed E-state index contributed by atoms with van der Waals surface area (Å²) < 4.78 is 7.25. The van der Waals surface area contributed by atoms with Crippen LogP contribution in [0.2, 0.25) is 0 Å². The minimum atomic E-state index is -0.0329. The molecular formula is C16H22N4OS. The average Bonchev–Trinajstić information content (AvgIpc) is 2.97. The Labute approximate surface area is 134 Å². The van der Waals surface area contributed by atoms with E-state index in [1.807, 2.05) is 0 Å². The summed E-state index contributed by atoms with van der Waals surface area (Å²) in [7, 11) is 0. The van der Waals surface area contributed by atoms with Gasteiger partial charge < -0.3 is 15.8 Å². The zero-order valence-corrected chi connectivity index (χ0v) is 13.7. The molecule has 118 valence electrons. The fourth-order valence-electron chi connectivity index (χ4n) is 3.69. The van der Waals surface area contributed by atoms with E-state index >= 15 is 0 Å². The number of rotatable bonds is 4. The highest BCUT2D eigenvalue weighted by molar-refractivity contribution is 7.18. The van der Waals surface area contributed by atoms with Gasteiger partial charge in [0.05, 0.1) is 22.4 Å². The first-order valence-corrected chi connectivity index (χ1v) is 8.80. The molecule has 3 N–H and O–H groups in total.